The lowest BCUT2D eigenvalue weighted by atomic mass is 10.1. The van der Waals surface area contributed by atoms with Crippen LogP contribution in [0.25, 0.3) is 0 Å². The number of nitrogens with zero attached hydrogens (tertiary/aromatic N) is 3. The molecule has 0 aliphatic carbocycles. The third kappa shape index (κ3) is 5.38. The molecule has 1 amide bonds. The van der Waals surface area contributed by atoms with Crippen molar-refractivity contribution in [2.24, 2.45) is 0 Å². The highest BCUT2D eigenvalue weighted by molar-refractivity contribution is 7.99. The predicted octanol–water partition coefficient (Wildman–Crippen LogP) is 4.92. The molecule has 0 radical (unpaired) electrons. The third-order valence-electron chi connectivity index (χ3n) is 4.41. The van der Waals surface area contributed by atoms with Gasteiger partial charge >= 0.3 is 0 Å². The zero-order valence-corrected chi connectivity index (χ0v) is 18.3. The molecule has 0 saturated carbocycles. The summed E-state index contributed by atoms with van der Waals surface area (Å²) in [4.78, 5) is 12.2. The normalized spacial score (nSPS) is 11.9. The lowest BCUT2D eigenvalue weighted by molar-refractivity contribution is -0.113. The van der Waals surface area contributed by atoms with Crippen molar-refractivity contribution in [1.82, 2.24) is 14.8 Å². The van der Waals surface area contributed by atoms with Crippen molar-refractivity contribution >= 4 is 23.4 Å². The van der Waals surface area contributed by atoms with Crippen molar-refractivity contribution in [3.05, 3.63) is 65.2 Å². The summed E-state index contributed by atoms with van der Waals surface area (Å²) in [6.45, 7) is 8.60. The molecular weight excluding hydrogens is 403 g/mol. The minimum absolute atomic E-state index is 0.0960. The van der Waals surface area contributed by atoms with Gasteiger partial charge in [-0.2, -0.15) is 0 Å². The monoisotopic (exact) mass is 428 g/mol. The lowest BCUT2D eigenvalue weighted by Crippen LogP contribution is -2.16. The first-order chi connectivity index (χ1) is 14.4. The van der Waals surface area contributed by atoms with Crippen molar-refractivity contribution in [1.29, 1.82) is 0 Å². The Hall–Kier alpha value is -2.87. The highest BCUT2D eigenvalue weighted by Crippen LogP contribution is 2.26. The van der Waals surface area contributed by atoms with Crippen molar-refractivity contribution < 1.29 is 13.9 Å². The van der Waals surface area contributed by atoms with Crippen LogP contribution in [0.15, 0.2) is 47.6 Å². The van der Waals surface area contributed by atoms with Gasteiger partial charge in [0.05, 0.1) is 11.4 Å². The van der Waals surface area contributed by atoms with Crippen LogP contribution in [0.3, 0.4) is 0 Å². The van der Waals surface area contributed by atoms with Gasteiger partial charge in [0.15, 0.2) is 17.1 Å². The summed E-state index contributed by atoms with van der Waals surface area (Å²) >= 11 is 1.25. The fourth-order valence-electron chi connectivity index (χ4n) is 3.14. The maximum atomic E-state index is 13.7. The van der Waals surface area contributed by atoms with Gasteiger partial charge in [-0.15, -0.1) is 10.2 Å². The number of para-hydroxylation sites is 1. The topological polar surface area (TPSA) is 69.0 Å². The Kier molecular flexibility index (Phi) is 7.10. The second kappa shape index (κ2) is 9.75. The number of carbonyl (C=O) groups is 1. The summed E-state index contributed by atoms with van der Waals surface area (Å²) in [5, 5.41) is 11.7. The molecule has 0 bridgehead atoms. The summed E-state index contributed by atoms with van der Waals surface area (Å²) in [6.07, 6.45) is -0.305. The first-order valence-corrected chi connectivity index (χ1v) is 10.7. The van der Waals surface area contributed by atoms with Crippen LogP contribution in [-0.4, -0.2) is 26.4 Å². The average Bonchev–Trinajstić information content (AvgIpc) is 3.10. The molecule has 1 heterocycles. The van der Waals surface area contributed by atoms with Gasteiger partial charge < -0.3 is 14.6 Å². The Balaban J connectivity index is 1.66. The highest BCUT2D eigenvalue weighted by Gasteiger charge is 2.20. The number of hydrogen-bond acceptors (Lipinski definition) is 5. The van der Waals surface area contributed by atoms with E-state index in [2.05, 4.69) is 21.6 Å². The molecule has 2 aromatic carbocycles. The quantitative estimate of drug-likeness (QED) is 0.516. The molecule has 0 aliphatic heterocycles. The molecule has 3 aromatic rings. The van der Waals surface area contributed by atoms with E-state index >= 15 is 0 Å². The Bertz CT molecular complexity index is 1020. The summed E-state index contributed by atoms with van der Waals surface area (Å²) < 4.78 is 21.7. The van der Waals surface area contributed by atoms with Gasteiger partial charge in [-0.3, -0.25) is 4.79 Å². The molecule has 1 aromatic heterocycles. The number of amides is 1. The van der Waals surface area contributed by atoms with Gasteiger partial charge in [0, 0.05) is 6.54 Å². The number of benzene rings is 2. The fraction of sp³-hybridized carbons (Fsp3) is 0.318. The second-order valence-corrected chi connectivity index (χ2v) is 7.93. The maximum absolute atomic E-state index is 13.7. The molecule has 0 fully saturated rings. The first kappa shape index (κ1) is 21.8. The van der Waals surface area contributed by atoms with Crippen molar-refractivity contribution in [2.45, 2.75) is 45.5 Å². The highest BCUT2D eigenvalue weighted by atomic mass is 32.2. The minimum atomic E-state index is -0.466. The molecular formula is C22H25FN4O2S. The Labute approximate surface area is 179 Å². The molecule has 8 heteroatoms. The fourth-order valence-corrected chi connectivity index (χ4v) is 3.95. The van der Waals surface area contributed by atoms with Gasteiger partial charge in [-0.25, -0.2) is 4.39 Å². The van der Waals surface area contributed by atoms with Crippen LogP contribution in [-0.2, 0) is 11.3 Å². The molecule has 1 atom stereocenters. The van der Waals surface area contributed by atoms with Crippen LogP contribution < -0.4 is 10.1 Å². The van der Waals surface area contributed by atoms with Crippen LogP contribution in [0.4, 0.5) is 10.1 Å². The van der Waals surface area contributed by atoms with E-state index < -0.39 is 5.82 Å². The summed E-state index contributed by atoms with van der Waals surface area (Å²) in [5.41, 5.74) is 2.42. The zero-order chi connectivity index (χ0) is 21.7. The van der Waals surface area contributed by atoms with Crippen molar-refractivity contribution in [3.63, 3.8) is 0 Å². The molecule has 158 valence electrons. The van der Waals surface area contributed by atoms with E-state index in [1.165, 1.54) is 23.9 Å². The maximum Gasteiger partial charge on any atom is 0.234 e. The van der Waals surface area contributed by atoms with Crippen molar-refractivity contribution in [2.75, 3.05) is 11.1 Å². The van der Waals surface area contributed by atoms with Crippen LogP contribution in [0.2, 0.25) is 0 Å². The molecule has 0 saturated heterocycles. The number of aryl methyl sites for hydroxylation is 2. The number of carbonyl (C=O) groups excluding carboxylic acids is 1. The van der Waals surface area contributed by atoms with Gasteiger partial charge in [-0.1, -0.05) is 30.0 Å². The van der Waals surface area contributed by atoms with E-state index in [0.717, 1.165) is 16.9 Å². The van der Waals surface area contributed by atoms with Crippen molar-refractivity contribution in [3.8, 4) is 5.75 Å². The van der Waals surface area contributed by atoms with E-state index in [1.807, 2.05) is 44.4 Å². The number of nitrogens with one attached hydrogen (secondary N) is 1. The van der Waals surface area contributed by atoms with Gasteiger partial charge in [0.2, 0.25) is 5.91 Å². The molecule has 0 spiro atoms. The number of hydrogen-bond donors (Lipinski definition) is 1. The largest absolute Gasteiger partial charge is 0.483 e. The van der Waals surface area contributed by atoms with Crippen LogP contribution in [0, 0.1) is 19.7 Å². The number of halogens is 1. The number of aromatic nitrogens is 3. The minimum Gasteiger partial charge on any atom is -0.483 e. The van der Waals surface area contributed by atoms with Crippen LogP contribution in [0.1, 0.15) is 36.9 Å². The van der Waals surface area contributed by atoms with E-state index in [0.29, 0.717) is 17.5 Å². The Morgan fingerprint density at radius 2 is 1.90 bits per heavy atom. The molecule has 30 heavy (non-hydrogen) atoms. The standard InChI is InChI=1S/C22H25FN4O2S/c1-5-27-21(16(4)29-17-11-14(2)10-15(3)12-17)25-26-22(27)30-13-20(28)24-19-9-7-6-8-18(19)23/h6-12,16H,5,13H2,1-4H3,(H,24,28). The SMILES string of the molecule is CCn1c(SCC(=O)Nc2ccccc2F)nnc1C(C)Oc1cc(C)cc(C)c1. The molecule has 3 rings (SSSR count). The van der Waals surface area contributed by atoms with Crippen LogP contribution in [0.5, 0.6) is 5.75 Å². The van der Waals surface area contributed by atoms with Gasteiger partial charge in [-0.05, 0) is 63.1 Å². The Morgan fingerprint density at radius 1 is 1.20 bits per heavy atom. The molecule has 1 N–H and O–H groups in total. The molecule has 1 unspecified atom stereocenters. The second-order valence-electron chi connectivity index (χ2n) is 6.99. The third-order valence-corrected chi connectivity index (χ3v) is 5.38. The molecule has 0 aliphatic rings. The number of anilines is 1. The smallest absolute Gasteiger partial charge is 0.234 e. The van der Waals surface area contributed by atoms with Gasteiger partial charge in [0.25, 0.3) is 0 Å². The zero-order valence-electron chi connectivity index (χ0n) is 17.5. The van der Waals surface area contributed by atoms with E-state index in [-0.39, 0.29) is 23.5 Å². The first-order valence-electron chi connectivity index (χ1n) is 9.72. The summed E-state index contributed by atoms with van der Waals surface area (Å²) in [6, 6.07) is 12.1. The average molecular weight is 429 g/mol. The van der Waals surface area contributed by atoms with E-state index in [1.54, 1.807) is 12.1 Å². The lowest BCUT2D eigenvalue weighted by Gasteiger charge is -2.16. The Morgan fingerprint density at radius 3 is 2.57 bits per heavy atom. The summed E-state index contributed by atoms with van der Waals surface area (Å²) in [5.74, 6) is 0.792. The number of rotatable bonds is 8. The molecule has 6 nitrogen and oxygen atoms in total. The van der Waals surface area contributed by atoms with E-state index in [9.17, 15) is 9.18 Å². The number of ether oxygens (including phenoxy) is 1. The number of thioether (sulfide) groups is 1. The van der Waals surface area contributed by atoms with Crippen LogP contribution >= 0.6 is 11.8 Å². The summed E-state index contributed by atoms with van der Waals surface area (Å²) in [7, 11) is 0. The van der Waals surface area contributed by atoms with Gasteiger partial charge in [0.1, 0.15) is 11.6 Å². The predicted molar refractivity (Wildman–Crippen MR) is 116 cm³/mol. The van der Waals surface area contributed by atoms with E-state index in [4.69, 9.17) is 4.74 Å².